The lowest BCUT2D eigenvalue weighted by atomic mass is 9.77. The van der Waals surface area contributed by atoms with Crippen LogP contribution in [0.15, 0.2) is 16.8 Å². The molecule has 0 spiro atoms. The molecule has 1 aliphatic heterocycles. The summed E-state index contributed by atoms with van der Waals surface area (Å²) in [5.74, 6) is -0.715. The summed E-state index contributed by atoms with van der Waals surface area (Å²) < 4.78 is 5.42. The van der Waals surface area contributed by atoms with E-state index in [9.17, 15) is 9.90 Å². The van der Waals surface area contributed by atoms with Crippen LogP contribution >= 0.6 is 11.3 Å². The minimum absolute atomic E-state index is 0.177. The first-order chi connectivity index (χ1) is 7.65. The average Bonchev–Trinajstić information content (AvgIpc) is 2.85. The van der Waals surface area contributed by atoms with E-state index in [4.69, 9.17) is 4.74 Å². The molecule has 0 aromatic carbocycles. The van der Waals surface area contributed by atoms with Gasteiger partial charge in [0.2, 0.25) is 0 Å². The Balaban J connectivity index is 2.06. The van der Waals surface area contributed by atoms with Crippen LogP contribution < -0.4 is 0 Å². The fourth-order valence-electron chi connectivity index (χ4n) is 2.30. The molecule has 88 valence electrons. The van der Waals surface area contributed by atoms with Crippen LogP contribution in [0.25, 0.3) is 0 Å². The molecular weight excluding hydrogens is 224 g/mol. The molecule has 2 rings (SSSR count). The topological polar surface area (TPSA) is 46.5 Å². The average molecular weight is 240 g/mol. The molecule has 1 saturated heterocycles. The SMILES string of the molecule is CC1OCCC1(CCc1ccsc1)C(=O)O. The second kappa shape index (κ2) is 4.55. The van der Waals surface area contributed by atoms with Crippen LogP contribution in [0.4, 0.5) is 0 Å². The molecule has 1 aliphatic rings. The van der Waals surface area contributed by atoms with Gasteiger partial charge in [-0.05, 0) is 48.6 Å². The van der Waals surface area contributed by atoms with E-state index in [-0.39, 0.29) is 6.10 Å². The van der Waals surface area contributed by atoms with Gasteiger partial charge in [0.05, 0.1) is 11.5 Å². The normalized spacial score (nSPS) is 29.4. The summed E-state index contributed by atoms with van der Waals surface area (Å²) in [6.45, 7) is 2.44. The number of carboxylic acids is 1. The Morgan fingerprint density at radius 1 is 1.75 bits per heavy atom. The molecule has 1 N–H and O–H groups in total. The van der Waals surface area contributed by atoms with Crippen LogP contribution in [0.1, 0.15) is 25.3 Å². The Morgan fingerprint density at radius 2 is 2.56 bits per heavy atom. The van der Waals surface area contributed by atoms with Gasteiger partial charge in [0, 0.05) is 6.61 Å². The van der Waals surface area contributed by atoms with Crippen LogP contribution in [0.5, 0.6) is 0 Å². The Bertz CT molecular complexity index is 360. The van der Waals surface area contributed by atoms with Crippen molar-refractivity contribution in [3.8, 4) is 0 Å². The van der Waals surface area contributed by atoms with E-state index in [1.165, 1.54) is 5.56 Å². The lowest BCUT2D eigenvalue weighted by molar-refractivity contribution is -0.152. The lowest BCUT2D eigenvalue weighted by Crippen LogP contribution is -2.37. The molecule has 0 aliphatic carbocycles. The highest BCUT2D eigenvalue weighted by molar-refractivity contribution is 7.07. The van der Waals surface area contributed by atoms with Crippen molar-refractivity contribution in [2.75, 3.05) is 6.61 Å². The molecule has 1 aromatic heterocycles. The maximum Gasteiger partial charge on any atom is 0.312 e. The minimum atomic E-state index is -0.715. The summed E-state index contributed by atoms with van der Waals surface area (Å²) in [6.07, 6.45) is 1.95. The molecule has 0 radical (unpaired) electrons. The fourth-order valence-corrected chi connectivity index (χ4v) is 3.00. The lowest BCUT2D eigenvalue weighted by Gasteiger charge is -2.27. The fraction of sp³-hybridized carbons (Fsp3) is 0.583. The van der Waals surface area contributed by atoms with Crippen molar-refractivity contribution in [2.45, 2.75) is 32.3 Å². The van der Waals surface area contributed by atoms with E-state index in [0.717, 1.165) is 6.42 Å². The monoisotopic (exact) mass is 240 g/mol. The van der Waals surface area contributed by atoms with Crippen molar-refractivity contribution >= 4 is 17.3 Å². The van der Waals surface area contributed by atoms with E-state index in [2.05, 4.69) is 11.4 Å². The third kappa shape index (κ3) is 1.99. The number of aryl methyl sites for hydroxylation is 1. The second-order valence-corrected chi connectivity index (χ2v) is 5.14. The zero-order chi connectivity index (χ0) is 11.6. The van der Waals surface area contributed by atoms with Crippen LogP contribution in [0.2, 0.25) is 0 Å². The Morgan fingerprint density at radius 3 is 3.06 bits per heavy atom. The van der Waals surface area contributed by atoms with Gasteiger partial charge in [-0.25, -0.2) is 0 Å². The summed E-state index contributed by atoms with van der Waals surface area (Å²) in [5, 5.41) is 13.5. The molecule has 3 nitrogen and oxygen atoms in total. The number of hydrogen-bond donors (Lipinski definition) is 1. The Hall–Kier alpha value is -0.870. The van der Waals surface area contributed by atoms with Crippen LogP contribution in [0.3, 0.4) is 0 Å². The van der Waals surface area contributed by atoms with Gasteiger partial charge in [0.25, 0.3) is 0 Å². The molecule has 1 fully saturated rings. The smallest absolute Gasteiger partial charge is 0.312 e. The number of rotatable bonds is 4. The van der Waals surface area contributed by atoms with Gasteiger partial charge in [-0.2, -0.15) is 11.3 Å². The van der Waals surface area contributed by atoms with E-state index in [1.807, 2.05) is 12.3 Å². The van der Waals surface area contributed by atoms with Crippen LogP contribution in [-0.4, -0.2) is 23.8 Å². The zero-order valence-electron chi connectivity index (χ0n) is 9.31. The molecule has 0 amide bonds. The van der Waals surface area contributed by atoms with Crippen LogP contribution in [-0.2, 0) is 16.0 Å². The number of hydrogen-bond acceptors (Lipinski definition) is 3. The minimum Gasteiger partial charge on any atom is -0.481 e. The Kier molecular flexibility index (Phi) is 3.30. The second-order valence-electron chi connectivity index (χ2n) is 4.36. The zero-order valence-corrected chi connectivity index (χ0v) is 10.1. The molecule has 2 atom stereocenters. The predicted octanol–water partition coefficient (Wildman–Crippen LogP) is 2.56. The molecule has 2 unspecified atom stereocenters. The largest absolute Gasteiger partial charge is 0.481 e. The number of carbonyl (C=O) groups is 1. The van der Waals surface area contributed by atoms with E-state index < -0.39 is 11.4 Å². The molecular formula is C12H16O3S. The molecule has 16 heavy (non-hydrogen) atoms. The summed E-state index contributed by atoms with van der Waals surface area (Å²) in [6, 6.07) is 2.06. The first kappa shape index (κ1) is 11.6. The number of ether oxygens (including phenoxy) is 1. The molecule has 2 heterocycles. The quantitative estimate of drug-likeness (QED) is 0.879. The van der Waals surface area contributed by atoms with Gasteiger partial charge in [-0.1, -0.05) is 0 Å². The van der Waals surface area contributed by atoms with Gasteiger partial charge < -0.3 is 9.84 Å². The van der Waals surface area contributed by atoms with Gasteiger partial charge >= 0.3 is 5.97 Å². The number of aliphatic carboxylic acids is 1. The van der Waals surface area contributed by atoms with E-state index >= 15 is 0 Å². The third-order valence-electron chi connectivity index (χ3n) is 3.56. The first-order valence-corrected chi connectivity index (χ1v) is 6.45. The number of carboxylic acid groups (broad SMARTS) is 1. The van der Waals surface area contributed by atoms with E-state index in [0.29, 0.717) is 19.4 Å². The highest BCUT2D eigenvalue weighted by Gasteiger charge is 2.47. The maximum atomic E-state index is 11.4. The van der Waals surface area contributed by atoms with Crippen molar-refractivity contribution in [3.63, 3.8) is 0 Å². The van der Waals surface area contributed by atoms with Gasteiger partial charge in [0.15, 0.2) is 0 Å². The predicted molar refractivity (Wildman–Crippen MR) is 62.7 cm³/mol. The summed E-state index contributed by atoms with van der Waals surface area (Å²) in [5.41, 5.74) is 0.548. The molecule has 0 saturated carbocycles. The maximum absolute atomic E-state index is 11.4. The van der Waals surface area contributed by atoms with Crippen LogP contribution in [0, 0.1) is 5.41 Å². The summed E-state index contributed by atoms with van der Waals surface area (Å²) >= 11 is 1.65. The Labute approximate surface area is 99.1 Å². The number of thiophene rings is 1. The molecule has 0 bridgehead atoms. The van der Waals surface area contributed by atoms with Crippen molar-refractivity contribution in [1.29, 1.82) is 0 Å². The van der Waals surface area contributed by atoms with Gasteiger partial charge in [0.1, 0.15) is 0 Å². The highest BCUT2D eigenvalue weighted by Crippen LogP contribution is 2.39. The first-order valence-electron chi connectivity index (χ1n) is 5.51. The van der Waals surface area contributed by atoms with Crippen molar-refractivity contribution in [1.82, 2.24) is 0 Å². The third-order valence-corrected chi connectivity index (χ3v) is 4.29. The van der Waals surface area contributed by atoms with E-state index in [1.54, 1.807) is 11.3 Å². The summed E-state index contributed by atoms with van der Waals surface area (Å²) in [7, 11) is 0. The van der Waals surface area contributed by atoms with Crippen molar-refractivity contribution in [3.05, 3.63) is 22.4 Å². The van der Waals surface area contributed by atoms with Crippen molar-refractivity contribution < 1.29 is 14.6 Å². The standard InChI is InChI=1S/C12H16O3S/c1-9-12(11(13)14,5-6-15-9)4-2-10-3-7-16-8-10/h3,7-9H,2,4-6H2,1H3,(H,13,14). The van der Waals surface area contributed by atoms with Crippen molar-refractivity contribution in [2.24, 2.45) is 5.41 Å². The van der Waals surface area contributed by atoms with Gasteiger partial charge in [-0.3, -0.25) is 4.79 Å². The van der Waals surface area contributed by atoms with Gasteiger partial charge in [-0.15, -0.1) is 0 Å². The molecule has 4 heteroatoms. The summed E-state index contributed by atoms with van der Waals surface area (Å²) in [4.78, 5) is 11.4. The highest BCUT2D eigenvalue weighted by atomic mass is 32.1. The molecule has 1 aromatic rings.